The van der Waals surface area contributed by atoms with Gasteiger partial charge in [0.1, 0.15) is 4.90 Å². The number of nitrogens with zero attached hydrogens (tertiary/aromatic N) is 2. The van der Waals surface area contributed by atoms with Crippen molar-refractivity contribution in [2.75, 3.05) is 38.0 Å². The summed E-state index contributed by atoms with van der Waals surface area (Å²) in [5.74, 6) is -0.190. The molecule has 0 spiro atoms. The zero-order chi connectivity index (χ0) is 20.3. The first-order valence-electron chi connectivity index (χ1n) is 9.73. The highest BCUT2D eigenvalue weighted by Gasteiger charge is 2.29. The molecule has 0 unspecified atom stereocenters. The van der Waals surface area contributed by atoms with Crippen LogP contribution in [0.3, 0.4) is 0 Å². The van der Waals surface area contributed by atoms with Crippen LogP contribution in [0.1, 0.15) is 33.1 Å². The molecule has 156 valence electrons. The predicted molar refractivity (Wildman–Crippen MR) is 109 cm³/mol. The standard InChI is InChI=1S/C19H28ClN3O4S/c1-14-11-22(12-15(2)27-14)13-19(24)21-16-6-7-17(20)18(10-16)28(25,26)23-8-4-3-5-9-23/h6-7,10,14-15H,3-5,8-9,11-13H2,1-2H3,(H,21,24)/t14-,15-/m1/s1. The van der Waals surface area contributed by atoms with Gasteiger partial charge in [-0.05, 0) is 44.9 Å². The van der Waals surface area contributed by atoms with Crippen LogP contribution in [0.4, 0.5) is 5.69 Å². The molecule has 2 saturated heterocycles. The summed E-state index contributed by atoms with van der Waals surface area (Å²) in [5, 5.41) is 2.96. The second kappa shape index (κ2) is 9.09. The molecular formula is C19H28ClN3O4S. The van der Waals surface area contributed by atoms with E-state index in [2.05, 4.69) is 5.32 Å². The van der Waals surface area contributed by atoms with Gasteiger partial charge in [-0.25, -0.2) is 8.42 Å². The van der Waals surface area contributed by atoms with E-state index in [1.165, 1.54) is 16.4 Å². The average molecular weight is 430 g/mol. The largest absolute Gasteiger partial charge is 0.373 e. The summed E-state index contributed by atoms with van der Waals surface area (Å²) in [5.41, 5.74) is 0.430. The number of rotatable bonds is 5. The van der Waals surface area contributed by atoms with E-state index in [0.29, 0.717) is 31.9 Å². The summed E-state index contributed by atoms with van der Waals surface area (Å²) in [4.78, 5) is 14.5. The Hall–Kier alpha value is -1.19. The summed E-state index contributed by atoms with van der Waals surface area (Å²) in [6.45, 7) is 6.58. The molecule has 0 radical (unpaired) electrons. The number of hydrogen-bond acceptors (Lipinski definition) is 5. The van der Waals surface area contributed by atoms with Crippen LogP contribution in [0.5, 0.6) is 0 Å². The zero-order valence-electron chi connectivity index (χ0n) is 16.4. The molecule has 9 heteroatoms. The molecule has 1 aromatic rings. The summed E-state index contributed by atoms with van der Waals surface area (Å²) in [7, 11) is -3.67. The normalized spacial score (nSPS) is 24.8. The Morgan fingerprint density at radius 1 is 1.18 bits per heavy atom. The van der Waals surface area contributed by atoms with E-state index in [9.17, 15) is 13.2 Å². The van der Waals surface area contributed by atoms with Crippen LogP contribution in [-0.4, -0.2) is 68.5 Å². The number of piperidine rings is 1. The fraction of sp³-hybridized carbons (Fsp3) is 0.632. The fourth-order valence-electron chi connectivity index (χ4n) is 3.84. The van der Waals surface area contributed by atoms with Gasteiger partial charge in [0.25, 0.3) is 0 Å². The van der Waals surface area contributed by atoms with Gasteiger partial charge < -0.3 is 10.1 Å². The van der Waals surface area contributed by atoms with Gasteiger partial charge in [0, 0.05) is 31.9 Å². The van der Waals surface area contributed by atoms with Crippen molar-refractivity contribution < 1.29 is 17.9 Å². The van der Waals surface area contributed by atoms with Gasteiger partial charge in [-0.3, -0.25) is 9.69 Å². The van der Waals surface area contributed by atoms with Gasteiger partial charge in [-0.15, -0.1) is 0 Å². The lowest BCUT2D eigenvalue weighted by Gasteiger charge is -2.34. The topological polar surface area (TPSA) is 79.0 Å². The van der Waals surface area contributed by atoms with Gasteiger partial charge in [-0.1, -0.05) is 18.0 Å². The molecule has 2 heterocycles. The monoisotopic (exact) mass is 429 g/mol. The van der Waals surface area contributed by atoms with Crippen molar-refractivity contribution in [1.82, 2.24) is 9.21 Å². The van der Waals surface area contributed by atoms with Crippen molar-refractivity contribution in [3.05, 3.63) is 23.2 Å². The highest BCUT2D eigenvalue weighted by Crippen LogP contribution is 2.29. The lowest BCUT2D eigenvalue weighted by Crippen LogP contribution is -2.48. The van der Waals surface area contributed by atoms with Crippen LogP contribution < -0.4 is 5.32 Å². The Kier molecular flexibility index (Phi) is 6.98. The maximum absolute atomic E-state index is 12.9. The summed E-state index contributed by atoms with van der Waals surface area (Å²) >= 11 is 6.18. The van der Waals surface area contributed by atoms with E-state index < -0.39 is 10.0 Å². The summed E-state index contributed by atoms with van der Waals surface area (Å²) < 4.78 is 33.0. The second-order valence-electron chi connectivity index (χ2n) is 7.61. The minimum absolute atomic E-state index is 0.0440. The Labute approximate surface area is 172 Å². The number of nitrogens with one attached hydrogen (secondary N) is 1. The van der Waals surface area contributed by atoms with Crippen molar-refractivity contribution in [3.8, 4) is 0 Å². The number of carbonyl (C=O) groups is 1. The van der Waals surface area contributed by atoms with Crippen LogP contribution in [0.15, 0.2) is 23.1 Å². The Bertz CT molecular complexity index is 801. The predicted octanol–water partition coefficient (Wildman–Crippen LogP) is 2.56. The first kappa shape index (κ1) is 21.5. The van der Waals surface area contributed by atoms with Crippen molar-refractivity contribution in [3.63, 3.8) is 0 Å². The van der Waals surface area contributed by atoms with E-state index >= 15 is 0 Å². The molecule has 1 aromatic carbocycles. The number of morpholine rings is 1. The second-order valence-corrected chi connectivity index (χ2v) is 9.92. The molecule has 2 fully saturated rings. The summed E-state index contributed by atoms with van der Waals surface area (Å²) in [6.07, 6.45) is 2.89. The molecule has 2 aliphatic heterocycles. The molecule has 0 aliphatic carbocycles. The van der Waals surface area contributed by atoms with Gasteiger partial charge in [-0.2, -0.15) is 4.31 Å². The van der Waals surface area contributed by atoms with Crippen LogP contribution in [0.2, 0.25) is 5.02 Å². The molecule has 1 N–H and O–H groups in total. The number of halogens is 1. The van der Waals surface area contributed by atoms with Crippen LogP contribution in [0.25, 0.3) is 0 Å². The van der Waals surface area contributed by atoms with E-state index in [-0.39, 0.29) is 34.6 Å². The van der Waals surface area contributed by atoms with Gasteiger partial charge in [0.2, 0.25) is 15.9 Å². The number of sulfonamides is 1. The highest BCUT2D eigenvalue weighted by molar-refractivity contribution is 7.89. The van der Waals surface area contributed by atoms with Crippen molar-refractivity contribution >= 4 is 33.2 Å². The number of hydrogen-bond donors (Lipinski definition) is 1. The minimum Gasteiger partial charge on any atom is -0.373 e. The van der Waals surface area contributed by atoms with E-state index in [1.807, 2.05) is 18.7 Å². The van der Waals surface area contributed by atoms with Crippen molar-refractivity contribution in [2.24, 2.45) is 0 Å². The van der Waals surface area contributed by atoms with Gasteiger partial charge in [0.15, 0.2) is 0 Å². The van der Waals surface area contributed by atoms with Gasteiger partial charge in [0.05, 0.1) is 23.8 Å². The van der Waals surface area contributed by atoms with Crippen LogP contribution in [0, 0.1) is 0 Å². The van der Waals surface area contributed by atoms with Crippen molar-refractivity contribution in [2.45, 2.75) is 50.2 Å². The number of anilines is 1. The molecule has 0 bridgehead atoms. The molecule has 3 rings (SSSR count). The SMILES string of the molecule is C[C@@H]1CN(CC(=O)Nc2ccc(Cl)c(S(=O)(=O)N3CCCCC3)c2)C[C@@H](C)O1. The first-order valence-corrected chi connectivity index (χ1v) is 11.5. The van der Waals surface area contributed by atoms with E-state index in [0.717, 1.165) is 19.3 Å². The zero-order valence-corrected chi connectivity index (χ0v) is 17.9. The average Bonchev–Trinajstić information content (AvgIpc) is 2.63. The van der Waals surface area contributed by atoms with Crippen LogP contribution in [-0.2, 0) is 19.6 Å². The van der Waals surface area contributed by atoms with E-state index in [4.69, 9.17) is 16.3 Å². The molecular weight excluding hydrogens is 402 g/mol. The highest BCUT2D eigenvalue weighted by atomic mass is 35.5. The lowest BCUT2D eigenvalue weighted by molar-refractivity contribution is -0.121. The Morgan fingerprint density at radius 2 is 1.82 bits per heavy atom. The lowest BCUT2D eigenvalue weighted by atomic mass is 10.2. The quantitative estimate of drug-likeness (QED) is 0.778. The van der Waals surface area contributed by atoms with Crippen molar-refractivity contribution in [1.29, 1.82) is 0 Å². The molecule has 2 aliphatic rings. The minimum atomic E-state index is -3.67. The first-order chi connectivity index (χ1) is 13.3. The van der Waals surface area contributed by atoms with E-state index in [1.54, 1.807) is 6.07 Å². The number of benzene rings is 1. The third-order valence-corrected chi connectivity index (χ3v) is 7.39. The Balaban J connectivity index is 1.69. The summed E-state index contributed by atoms with van der Waals surface area (Å²) in [6, 6.07) is 4.60. The number of amides is 1. The maximum atomic E-state index is 12.9. The molecule has 1 amide bonds. The third kappa shape index (κ3) is 5.24. The molecule has 0 saturated carbocycles. The maximum Gasteiger partial charge on any atom is 0.244 e. The van der Waals surface area contributed by atoms with Gasteiger partial charge >= 0.3 is 0 Å². The smallest absolute Gasteiger partial charge is 0.244 e. The molecule has 28 heavy (non-hydrogen) atoms. The molecule has 7 nitrogen and oxygen atoms in total. The van der Waals surface area contributed by atoms with Crippen LogP contribution >= 0.6 is 11.6 Å². The fourth-order valence-corrected chi connectivity index (χ4v) is 5.86. The number of ether oxygens (including phenoxy) is 1. The Morgan fingerprint density at radius 3 is 2.46 bits per heavy atom. The molecule has 0 aromatic heterocycles. The molecule has 2 atom stereocenters. The third-order valence-electron chi connectivity index (χ3n) is 5.01. The number of carbonyl (C=O) groups excluding carboxylic acids is 1.